The Morgan fingerprint density at radius 3 is 3.14 bits per heavy atom. The van der Waals surface area contributed by atoms with Crippen molar-refractivity contribution in [3.63, 3.8) is 0 Å². The van der Waals surface area contributed by atoms with Gasteiger partial charge in [0.2, 0.25) is 5.76 Å². The normalized spacial score (nSPS) is 26.5. The van der Waals surface area contributed by atoms with Crippen molar-refractivity contribution in [3.05, 3.63) is 18.0 Å². The lowest BCUT2D eigenvalue weighted by molar-refractivity contribution is -0.0181. The zero-order chi connectivity index (χ0) is 15.4. The third-order valence-corrected chi connectivity index (χ3v) is 4.48. The van der Waals surface area contributed by atoms with Crippen LogP contribution in [0.4, 0.5) is 0 Å². The van der Waals surface area contributed by atoms with E-state index in [-0.39, 0.29) is 12.0 Å². The number of fused-ring (bicyclic) bond motifs is 1. The summed E-state index contributed by atoms with van der Waals surface area (Å²) < 4.78 is 16.1. The van der Waals surface area contributed by atoms with Gasteiger partial charge in [0.25, 0.3) is 5.91 Å². The van der Waals surface area contributed by atoms with E-state index in [0.29, 0.717) is 24.8 Å². The first kappa shape index (κ1) is 15.5. The number of hydrogen-bond donors (Lipinski definition) is 0. The van der Waals surface area contributed by atoms with E-state index in [0.717, 1.165) is 39.2 Å². The summed E-state index contributed by atoms with van der Waals surface area (Å²) in [4.78, 5) is 16.5. The lowest BCUT2D eigenvalue weighted by atomic mass is 9.93. The molecule has 0 aliphatic carbocycles. The summed E-state index contributed by atoms with van der Waals surface area (Å²) in [5.74, 6) is 0.673. The van der Waals surface area contributed by atoms with Gasteiger partial charge in [0.15, 0.2) is 0 Å². The fourth-order valence-electron chi connectivity index (χ4n) is 3.21. The molecule has 0 bridgehead atoms. The van der Waals surface area contributed by atoms with E-state index in [9.17, 15) is 4.79 Å². The van der Waals surface area contributed by atoms with Crippen molar-refractivity contribution in [1.82, 2.24) is 15.0 Å². The minimum atomic E-state index is -0.0972. The number of methoxy groups -OCH3 is 1. The molecular formula is C15H23N3O4. The molecule has 1 aromatic heterocycles. The number of nitrogens with zero attached hydrogens (tertiary/aromatic N) is 3. The second kappa shape index (κ2) is 7.21. The molecule has 0 saturated carbocycles. The van der Waals surface area contributed by atoms with Crippen LogP contribution in [0.3, 0.4) is 0 Å². The number of carbonyl (C=O) groups excluding carboxylic acids is 1. The summed E-state index contributed by atoms with van der Waals surface area (Å²) in [5, 5.41) is 3.60. The molecule has 122 valence electrons. The van der Waals surface area contributed by atoms with E-state index < -0.39 is 0 Å². The van der Waals surface area contributed by atoms with Gasteiger partial charge in [-0.3, -0.25) is 9.69 Å². The van der Waals surface area contributed by atoms with Crippen LogP contribution in [-0.2, 0) is 9.47 Å². The first-order valence-corrected chi connectivity index (χ1v) is 7.81. The minimum Gasteiger partial charge on any atom is -0.383 e. The van der Waals surface area contributed by atoms with Crippen LogP contribution in [0, 0.1) is 5.92 Å². The monoisotopic (exact) mass is 309 g/mol. The molecule has 0 N–H and O–H groups in total. The van der Waals surface area contributed by atoms with E-state index in [4.69, 9.17) is 14.0 Å². The van der Waals surface area contributed by atoms with Gasteiger partial charge in [-0.1, -0.05) is 5.16 Å². The summed E-state index contributed by atoms with van der Waals surface area (Å²) in [6.07, 6.45) is 2.55. The van der Waals surface area contributed by atoms with E-state index in [1.807, 2.05) is 4.90 Å². The number of likely N-dealkylation sites (tertiary alicyclic amines) is 1. The predicted octanol–water partition coefficient (Wildman–Crippen LogP) is 0.484. The molecule has 0 radical (unpaired) electrons. The molecular weight excluding hydrogens is 286 g/mol. The van der Waals surface area contributed by atoms with Gasteiger partial charge in [0, 0.05) is 51.8 Å². The first-order valence-electron chi connectivity index (χ1n) is 7.81. The lowest BCUT2D eigenvalue weighted by Gasteiger charge is -2.37. The Hall–Kier alpha value is -1.44. The Morgan fingerprint density at radius 2 is 2.36 bits per heavy atom. The number of aromatic nitrogens is 1. The zero-order valence-corrected chi connectivity index (χ0v) is 12.9. The van der Waals surface area contributed by atoms with E-state index in [1.54, 1.807) is 13.2 Å². The number of piperidine rings is 1. The van der Waals surface area contributed by atoms with Crippen molar-refractivity contribution < 1.29 is 18.8 Å². The van der Waals surface area contributed by atoms with Gasteiger partial charge in [-0.25, -0.2) is 0 Å². The molecule has 2 fully saturated rings. The summed E-state index contributed by atoms with van der Waals surface area (Å²) >= 11 is 0. The highest BCUT2D eigenvalue weighted by Crippen LogP contribution is 2.25. The van der Waals surface area contributed by atoms with Crippen molar-refractivity contribution in [2.24, 2.45) is 5.92 Å². The number of rotatable bonds is 4. The molecule has 3 rings (SSSR count). The lowest BCUT2D eigenvalue weighted by Crippen LogP contribution is -2.49. The van der Waals surface area contributed by atoms with Crippen molar-refractivity contribution in [2.75, 3.05) is 53.0 Å². The largest absolute Gasteiger partial charge is 0.383 e. The first-order chi connectivity index (χ1) is 10.8. The molecule has 2 aliphatic rings. The Labute approximate surface area is 130 Å². The molecule has 0 unspecified atom stereocenters. The van der Waals surface area contributed by atoms with Crippen LogP contribution in [0.2, 0.25) is 0 Å². The molecule has 1 aromatic rings. The molecule has 0 spiro atoms. The van der Waals surface area contributed by atoms with Gasteiger partial charge < -0.3 is 18.9 Å². The Kier molecular flexibility index (Phi) is 5.07. The fourth-order valence-corrected chi connectivity index (χ4v) is 3.21. The quantitative estimate of drug-likeness (QED) is 0.806. The number of amides is 1. The van der Waals surface area contributed by atoms with Gasteiger partial charge in [-0.15, -0.1) is 0 Å². The maximum Gasteiger partial charge on any atom is 0.292 e. The van der Waals surface area contributed by atoms with Crippen molar-refractivity contribution in [3.8, 4) is 0 Å². The topological polar surface area (TPSA) is 68.0 Å². The second-order valence-corrected chi connectivity index (χ2v) is 5.88. The molecule has 22 heavy (non-hydrogen) atoms. The average Bonchev–Trinajstić information content (AvgIpc) is 2.99. The average molecular weight is 309 g/mol. The third kappa shape index (κ3) is 3.48. The van der Waals surface area contributed by atoms with Gasteiger partial charge in [-0.2, -0.15) is 0 Å². The maximum atomic E-state index is 12.3. The van der Waals surface area contributed by atoms with Crippen LogP contribution >= 0.6 is 0 Å². The maximum absolute atomic E-state index is 12.3. The molecule has 2 atom stereocenters. The summed E-state index contributed by atoms with van der Waals surface area (Å²) in [7, 11) is 1.73. The molecule has 2 aliphatic heterocycles. The van der Waals surface area contributed by atoms with Crippen LogP contribution in [0.15, 0.2) is 16.8 Å². The third-order valence-electron chi connectivity index (χ3n) is 4.48. The number of ether oxygens (including phenoxy) is 2. The molecule has 3 heterocycles. The van der Waals surface area contributed by atoms with Gasteiger partial charge >= 0.3 is 0 Å². The molecule has 7 heteroatoms. The molecule has 0 aromatic carbocycles. The SMILES string of the molecule is COCCN1CCO[C@H]2CN(C(=O)c3ccno3)CC[C@H]2C1. The van der Waals surface area contributed by atoms with Crippen LogP contribution < -0.4 is 0 Å². The molecule has 1 amide bonds. The number of hydrogen-bond acceptors (Lipinski definition) is 6. The Balaban J connectivity index is 1.58. The number of carbonyl (C=O) groups is 1. The smallest absolute Gasteiger partial charge is 0.292 e. The summed E-state index contributed by atoms with van der Waals surface area (Å²) in [5.41, 5.74) is 0. The second-order valence-electron chi connectivity index (χ2n) is 5.88. The van der Waals surface area contributed by atoms with Crippen LogP contribution in [0.1, 0.15) is 17.0 Å². The van der Waals surface area contributed by atoms with E-state index in [2.05, 4.69) is 10.1 Å². The fraction of sp³-hybridized carbons (Fsp3) is 0.733. The zero-order valence-electron chi connectivity index (χ0n) is 12.9. The summed E-state index contributed by atoms with van der Waals surface area (Å²) in [6.45, 7) is 5.68. The van der Waals surface area contributed by atoms with E-state index >= 15 is 0 Å². The van der Waals surface area contributed by atoms with E-state index in [1.165, 1.54) is 6.20 Å². The van der Waals surface area contributed by atoms with Gasteiger partial charge in [-0.05, 0) is 6.42 Å². The van der Waals surface area contributed by atoms with Crippen LogP contribution in [0.5, 0.6) is 0 Å². The predicted molar refractivity (Wildman–Crippen MR) is 78.6 cm³/mol. The highest BCUT2D eigenvalue weighted by atomic mass is 16.5. The minimum absolute atomic E-state index is 0.0972. The highest BCUT2D eigenvalue weighted by Gasteiger charge is 2.35. The van der Waals surface area contributed by atoms with Crippen molar-refractivity contribution in [1.29, 1.82) is 0 Å². The molecule has 2 saturated heterocycles. The summed E-state index contributed by atoms with van der Waals surface area (Å²) in [6, 6.07) is 1.61. The van der Waals surface area contributed by atoms with Gasteiger partial charge in [0.1, 0.15) is 0 Å². The van der Waals surface area contributed by atoms with Crippen LogP contribution in [-0.4, -0.2) is 80.0 Å². The standard InChI is InChI=1S/C15H23N3O4/c1-20-8-6-17-7-9-21-14-11-18(5-3-12(14)10-17)15(19)13-2-4-16-22-13/h2,4,12,14H,3,5-11H2,1H3/t12-,14-/m0/s1. The van der Waals surface area contributed by atoms with Gasteiger partial charge in [0.05, 0.1) is 25.5 Å². The Bertz CT molecular complexity index is 479. The van der Waals surface area contributed by atoms with Crippen LogP contribution in [0.25, 0.3) is 0 Å². The Morgan fingerprint density at radius 1 is 1.45 bits per heavy atom. The van der Waals surface area contributed by atoms with Crippen molar-refractivity contribution in [2.45, 2.75) is 12.5 Å². The van der Waals surface area contributed by atoms with Crippen molar-refractivity contribution >= 4 is 5.91 Å². The highest BCUT2D eigenvalue weighted by molar-refractivity contribution is 5.91. The molecule has 7 nitrogen and oxygen atoms in total.